The van der Waals surface area contributed by atoms with Gasteiger partial charge in [-0.05, 0) is 23.1 Å². The van der Waals surface area contributed by atoms with Crippen molar-refractivity contribution in [2.24, 2.45) is 0 Å². The number of unbranched alkanes of at least 4 members (excludes halogenated alkanes) is 1. The Kier molecular flexibility index (Phi) is 8.31. The predicted octanol–water partition coefficient (Wildman–Crippen LogP) is 7.40. The second-order valence-electron chi connectivity index (χ2n) is 6.71. The van der Waals surface area contributed by atoms with Crippen molar-refractivity contribution in [1.82, 2.24) is 0 Å². The van der Waals surface area contributed by atoms with Crippen molar-refractivity contribution in [2.45, 2.75) is 37.3 Å². The first-order valence-corrected chi connectivity index (χ1v) is 9.79. The molecule has 0 nitrogen and oxygen atoms in total. The SMILES string of the molecule is CCCCC(c1ccccc1)C(P)(c1ccccc1)c1ccccc1.I. The Labute approximate surface area is 177 Å². The van der Waals surface area contributed by atoms with E-state index in [4.69, 9.17) is 0 Å². The Morgan fingerprint density at radius 1 is 0.731 bits per heavy atom. The minimum absolute atomic E-state index is 0. The fourth-order valence-corrected chi connectivity index (χ4v) is 4.49. The molecule has 26 heavy (non-hydrogen) atoms. The van der Waals surface area contributed by atoms with E-state index in [0.29, 0.717) is 5.92 Å². The molecule has 0 spiro atoms. The number of rotatable bonds is 7. The van der Waals surface area contributed by atoms with Crippen LogP contribution in [0, 0.1) is 0 Å². The molecule has 3 aromatic rings. The molecule has 0 aromatic heterocycles. The fraction of sp³-hybridized carbons (Fsp3) is 0.250. The van der Waals surface area contributed by atoms with Gasteiger partial charge in [0.15, 0.2) is 0 Å². The molecule has 0 radical (unpaired) electrons. The zero-order valence-corrected chi connectivity index (χ0v) is 18.8. The second-order valence-corrected chi connectivity index (χ2v) is 7.62. The zero-order chi connectivity index (χ0) is 17.5. The van der Waals surface area contributed by atoms with Gasteiger partial charge >= 0.3 is 0 Å². The van der Waals surface area contributed by atoms with Crippen LogP contribution in [0.5, 0.6) is 0 Å². The van der Waals surface area contributed by atoms with Crippen LogP contribution in [-0.4, -0.2) is 0 Å². The van der Waals surface area contributed by atoms with E-state index < -0.39 is 0 Å². The molecule has 0 fully saturated rings. The van der Waals surface area contributed by atoms with Crippen LogP contribution in [0.15, 0.2) is 91.0 Å². The zero-order valence-electron chi connectivity index (χ0n) is 15.3. The number of hydrogen-bond acceptors (Lipinski definition) is 0. The monoisotopic (exact) mass is 474 g/mol. The Morgan fingerprint density at radius 2 is 1.15 bits per heavy atom. The summed E-state index contributed by atoms with van der Waals surface area (Å²) in [7, 11) is 3.23. The average Bonchev–Trinajstić information content (AvgIpc) is 2.70. The largest absolute Gasteiger partial charge is 0.121 e. The Balaban J connectivity index is 0.00000243. The van der Waals surface area contributed by atoms with Gasteiger partial charge in [0, 0.05) is 11.1 Å². The van der Waals surface area contributed by atoms with E-state index in [2.05, 4.69) is 107 Å². The summed E-state index contributed by atoms with van der Waals surface area (Å²) < 4.78 is 0. The molecule has 0 aliphatic rings. The Hall–Kier alpha value is -1.18. The Bertz CT molecular complexity index is 716. The molecule has 3 rings (SSSR count). The molecule has 0 aliphatic heterocycles. The smallest absolute Gasteiger partial charge is 0.0412 e. The average molecular weight is 474 g/mol. The van der Waals surface area contributed by atoms with Gasteiger partial charge in [-0.2, -0.15) is 0 Å². The molecule has 0 heterocycles. The second kappa shape index (κ2) is 10.2. The summed E-state index contributed by atoms with van der Waals surface area (Å²) in [4.78, 5) is 0. The van der Waals surface area contributed by atoms with Crippen molar-refractivity contribution >= 4 is 33.2 Å². The molecule has 0 saturated heterocycles. The van der Waals surface area contributed by atoms with Gasteiger partial charge in [-0.1, -0.05) is 111 Å². The quantitative estimate of drug-likeness (QED) is 0.247. The van der Waals surface area contributed by atoms with Crippen LogP contribution in [0.4, 0.5) is 0 Å². The van der Waals surface area contributed by atoms with E-state index in [1.54, 1.807) is 0 Å². The van der Waals surface area contributed by atoms with Crippen molar-refractivity contribution in [1.29, 1.82) is 0 Å². The number of benzene rings is 3. The molecule has 0 saturated carbocycles. The molecular formula is C24H28IP. The van der Waals surface area contributed by atoms with Crippen LogP contribution in [-0.2, 0) is 5.16 Å². The molecule has 2 atom stereocenters. The molecule has 0 aliphatic carbocycles. The van der Waals surface area contributed by atoms with E-state index in [1.165, 1.54) is 36.0 Å². The number of hydrogen-bond donors (Lipinski definition) is 0. The van der Waals surface area contributed by atoms with Crippen LogP contribution in [0.1, 0.15) is 48.8 Å². The lowest BCUT2D eigenvalue weighted by atomic mass is 9.74. The van der Waals surface area contributed by atoms with Crippen molar-refractivity contribution in [3.05, 3.63) is 108 Å². The van der Waals surface area contributed by atoms with E-state index >= 15 is 0 Å². The predicted molar refractivity (Wildman–Crippen MR) is 127 cm³/mol. The third-order valence-electron chi connectivity index (χ3n) is 5.10. The summed E-state index contributed by atoms with van der Waals surface area (Å²) in [5.41, 5.74) is 4.13. The maximum absolute atomic E-state index is 3.23. The molecule has 2 heteroatoms. The summed E-state index contributed by atoms with van der Waals surface area (Å²) in [5, 5.41) is -0.126. The molecule has 3 aromatic carbocycles. The van der Waals surface area contributed by atoms with Crippen LogP contribution in [0.25, 0.3) is 0 Å². The number of halogens is 1. The Morgan fingerprint density at radius 3 is 1.58 bits per heavy atom. The standard InChI is InChI=1S/C24H27P.HI/c1-2-3-19-23(20-13-7-4-8-14-20)24(25,21-15-9-5-10-16-21)22-17-11-6-12-18-22;/h4-18,23H,2-3,19,25H2,1H3;1H. The van der Waals surface area contributed by atoms with Crippen molar-refractivity contribution < 1.29 is 0 Å². The summed E-state index contributed by atoms with van der Waals surface area (Å²) >= 11 is 0. The van der Waals surface area contributed by atoms with Crippen molar-refractivity contribution in [3.63, 3.8) is 0 Å². The van der Waals surface area contributed by atoms with Gasteiger partial charge in [-0.15, -0.1) is 33.2 Å². The summed E-state index contributed by atoms with van der Waals surface area (Å²) in [6.45, 7) is 2.28. The third-order valence-corrected chi connectivity index (χ3v) is 6.17. The maximum atomic E-state index is 3.23. The molecule has 0 N–H and O–H groups in total. The van der Waals surface area contributed by atoms with Crippen molar-refractivity contribution in [2.75, 3.05) is 0 Å². The molecule has 0 amide bonds. The summed E-state index contributed by atoms with van der Waals surface area (Å²) in [6.07, 6.45) is 3.62. The molecule has 2 unspecified atom stereocenters. The highest BCUT2D eigenvalue weighted by atomic mass is 127. The highest BCUT2D eigenvalue weighted by Crippen LogP contribution is 2.51. The van der Waals surface area contributed by atoms with Gasteiger partial charge in [0.2, 0.25) is 0 Å². The van der Waals surface area contributed by atoms with Crippen LogP contribution in [0.3, 0.4) is 0 Å². The minimum atomic E-state index is -0.126. The third kappa shape index (κ3) is 4.56. The van der Waals surface area contributed by atoms with E-state index in [-0.39, 0.29) is 29.1 Å². The van der Waals surface area contributed by atoms with E-state index in [1.807, 2.05) is 0 Å². The van der Waals surface area contributed by atoms with Crippen LogP contribution in [0.2, 0.25) is 0 Å². The first kappa shape index (κ1) is 21.1. The molecular weight excluding hydrogens is 446 g/mol. The van der Waals surface area contributed by atoms with Crippen LogP contribution >= 0.6 is 33.2 Å². The minimum Gasteiger partial charge on any atom is -0.121 e. The first-order valence-electron chi connectivity index (χ1n) is 9.21. The summed E-state index contributed by atoms with van der Waals surface area (Å²) in [5.74, 6) is 0.420. The van der Waals surface area contributed by atoms with Gasteiger partial charge in [-0.3, -0.25) is 0 Å². The maximum Gasteiger partial charge on any atom is 0.0412 e. The van der Waals surface area contributed by atoms with E-state index in [0.717, 1.165) is 0 Å². The lowest BCUT2D eigenvalue weighted by molar-refractivity contribution is 0.498. The van der Waals surface area contributed by atoms with Crippen molar-refractivity contribution in [3.8, 4) is 0 Å². The molecule has 0 bridgehead atoms. The van der Waals surface area contributed by atoms with Gasteiger partial charge < -0.3 is 0 Å². The van der Waals surface area contributed by atoms with Crippen LogP contribution < -0.4 is 0 Å². The van der Waals surface area contributed by atoms with Gasteiger partial charge in [0.25, 0.3) is 0 Å². The first-order chi connectivity index (χ1) is 12.3. The summed E-state index contributed by atoms with van der Waals surface area (Å²) in [6, 6.07) is 32.9. The lowest BCUT2D eigenvalue weighted by Crippen LogP contribution is -2.29. The van der Waals surface area contributed by atoms with E-state index in [9.17, 15) is 0 Å². The highest BCUT2D eigenvalue weighted by molar-refractivity contribution is 14.0. The van der Waals surface area contributed by atoms with Gasteiger partial charge in [-0.25, -0.2) is 0 Å². The van der Waals surface area contributed by atoms with Gasteiger partial charge in [0.1, 0.15) is 0 Å². The topological polar surface area (TPSA) is 0 Å². The lowest BCUT2D eigenvalue weighted by Gasteiger charge is -2.39. The fourth-order valence-electron chi connectivity index (χ4n) is 3.75. The normalized spacial score (nSPS) is 12.2. The molecule has 136 valence electrons. The highest BCUT2D eigenvalue weighted by Gasteiger charge is 2.38. The van der Waals surface area contributed by atoms with Gasteiger partial charge in [0.05, 0.1) is 0 Å².